The molecule has 1 unspecified atom stereocenters. The number of hydrogen-bond donors (Lipinski definition) is 3. The first kappa shape index (κ1) is 35.5. The number of carbonyl (C=O) groups excluding carboxylic acids is 3. The zero-order chi connectivity index (χ0) is 36.2. The normalized spacial score (nSPS) is 19.4. The Morgan fingerprint density at radius 3 is 2.42 bits per heavy atom. The summed E-state index contributed by atoms with van der Waals surface area (Å²) >= 11 is 4.84. The Labute approximate surface area is 304 Å². The Bertz CT molecular complexity index is 1890. The van der Waals surface area contributed by atoms with Gasteiger partial charge in [0.05, 0.1) is 17.2 Å². The molecule has 15 heteroatoms. The van der Waals surface area contributed by atoms with Crippen LogP contribution in [0.1, 0.15) is 53.1 Å². The molecule has 12 nitrogen and oxygen atoms in total. The lowest BCUT2D eigenvalue weighted by Crippen LogP contribution is -2.53. The van der Waals surface area contributed by atoms with Gasteiger partial charge in [-0.1, -0.05) is 24.3 Å². The third-order valence-electron chi connectivity index (χ3n) is 10.0. The lowest BCUT2D eigenvalue weighted by molar-refractivity contribution is -0.134. The number of hydrogen-bond acceptors (Lipinski definition) is 9. The van der Waals surface area contributed by atoms with Crippen molar-refractivity contribution < 1.29 is 27.9 Å². The quantitative estimate of drug-likeness (QED) is 0.149. The van der Waals surface area contributed by atoms with Gasteiger partial charge < -0.3 is 15.0 Å². The molecule has 4 aromatic rings. The molecule has 2 aromatic heterocycles. The van der Waals surface area contributed by atoms with Gasteiger partial charge in [0.2, 0.25) is 11.8 Å². The molecule has 3 fully saturated rings. The van der Waals surface area contributed by atoms with Crippen LogP contribution in [0, 0.1) is 0 Å². The highest BCUT2D eigenvalue weighted by molar-refractivity contribution is 6.20. The first-order valence-corrected chi connectivity index (χ1v) is 17.8. The monoisotopic (exact) mass is 732 g/mol. The number of aromatic nitrogens is 3. The van der Waals surface area contributed by atoms with Crippen LogP contribution in [0.15, 0.2) is 73.1 Å². The van der Waals surface area contributed by atoms with E-state index in [2.05, 4.69) is 46.3 Å². The van der Waals surface area contributed by atoms with E-state index in [4.69, 9.17) is 16.6 Å². The smallest absolute Gasteiger partial charge is 0.420 e. The molecule has 3 amide bonds. The largest absolute Gasteiger partial charge is 0.487 e. The Kier molecular flexibility index (Phi) is 10.5. The number of anilines is 2. The minimum Gasteiger partial charge on any atom is -0.420 e. The summed E-state index contributed by atoms with van der Waals surface area (Å²) < 4.78 is 30.2. The Morgan fingerprint density at radius 2 is 1.73 bits per heavy atom. The second kappa shape index (κ2) is 15.4. The molecule has 1 atom stereocenters. The van der Waals surface area contributed by atoms with Gasteiger partial charge >= 0.3 is 5.57 Å². The van der Waals surface area contributed by atoms with Crippen LogP contribution in [-0.2, 0) is 16.1 Å². The lowest BCUT2D eigenvalue weighted by Gasteiger charge is -2.43. The van der Waals surface area contributed by atoms with E-state index in [1.54, 1.807) is 12.3 Å². The maximum atomic E-state index is 13.2. The van der Waals surface area contributed by atoms with Gasteiger partial charge in [-0.05, 0) is 79.9 Å². The number of piperidine rings is 2. The predicted molar refractivity (Wildman–Crippen MR) is 191 cm³/mol. The lowest BCUT2D eigenvalue weighted by atomic mass is 9.87. The zero-order valence-corrected chi connectivity index (χ0v) is 29.1. The van der Waals surface area contributed by atoms with Gasteiger partial charge in [0.1, 0.15) is 11.6 Å². The summed E-state index contributed by atoms with van der Waals surface area (Å²) in [5.74, 6) is -0.497. The van der Waals surface area contributed by atoms with Crippen LogP contribution in [0.2, 0.25) is 0 Å². The second-order valence-corrected chi connectivity index (χ2v) is 13.8. The first-order valence-electron chi connectivity index (χ1n) is 17.4. The van der Waals surface area contributed by atoms with Gasteiger partial charge in [-0.2, -0.15) is 5.10 Å². The van der Waals surface area contributed by atoms with E-state index in [0.29, 0.717) is 35.8 Å². The number of nitrogens with zero attached hydrogens (tertiary/aromatic N) is 5. The fourth-order valence-corrected chi connectivity index (χ4v) is 7.46. The van der Waals surface area contributed by atoms with Crippen molar-refractivity contribution in [2.24, 2.45) is 0 Å². The van der Waals surface area contributed by atoms with Gasteiger partial charge in [-0.25, -0.2) is 4.98 Å². The number of piperazine rings is 1. The predicted octanol–water partition coefficient (Wildman–Crippen LogP) is 5.20. The van der Waals surface area contributed by atoms with Gasteiger partial charge in [-0.15, -0.1) is 8.78 Å². The number of likely N-dealkylation sites (tertiary alicyclic amines) is 1. The van der Waals surface area contributed by atoms with E-state index in [1.807, 2.05) is 24.3 Å². The summed E-state index contributed by atoms with van der Waals surface area (Å²) in [4.78, 5) is 49.5. The number of pyridine rings is 1. The summed E-state index contributed by atoms with van der Waals surface area (Å²) in [7, 11) is 0. The summed E-state index contributed by atoms with van der Waals surface area (Å²) in [6.07, 6.45) is 6.27. The van der Waals surface area contributed by atoms with Crippen LogP contribution >= 0.6 is 11.6 Å². The topological polar surface area (TPSA) is 136 Å². The van der Waals surface area contributed by atoms with Crippen LogP contribution in [0.3, 0.4) is 0 Å². The minimum atomic E-state index is -3.83. The van der Waals surface area contributed by atoms with Crippen LogP contribution in [0.4, 0.5) is 20.3 Å². The van der Waals surface area contributed by atoms with Crippen LogP contribution in [0.5, 0.6) is 5.75 Å². The average Bonchev–Trinajstić information content (AvgIpc) is 3.68. The number of ether oxygens (including phenoxy) is 1. The molecule has 272 valence electrons. The summed E-state index contributed by atoms with van der Waals surface area (Å²) in [6, 6.07) is 17.6. The van der Waals surface area contributed by atoms with Crippen molar-refractivity contribution in [3.8, 4) is 17.0 Å². The summed E-state index contributed by atoms with van der Waals surface area (Å²) in [6.45, 7) is 6.00. The van der Waals surface area contributed by atoms with E-state index in [1.165, 1.54) is 30.5 Å². The van der Waals surface area contributed by atoms with Crippen LogP contribution in [0.25, 0.3) is 11.3 Å². The highest BCUT2D eigenvalue weighted by Gasteiger charge is 2.32. The second-order valence-electron chi connectivity index (χ2n) is 13.3. The number of imide groups is 1. The standard InChI is InChI=1S/C37H39ClF2N8O4/c38-37(39,40)52-28-7-5-26(6-8-28)43-35(50)25-21-31(32-11-14-42-45-32)34(41-22-25)48-19-17-47(18-20-48)27-12-15-46(16-13-27)23-24-3-1-2-4-29(24)30-9-10-33(49)44-36(30)51/h1-8,11,14,21-22,27,30H,9-10,12-13,15-20,23H2,(H,42,45)(H,43,50)(H,44,49,51). The molecule has 0 bridgehead atoms. The highest BCUT2D eigenvalue weighted by Crippen LogP contribution is 2.32. The van der Waals surface area contributed by atoms with Crippen molar-refractivity contribution in [3.05, 3.63) is 89.7 Å². The van der Waals surface area contributed by atoms with Crippen molar-refractivity contribution >= 4 is 40.8 Å². The fourth-order valence-electron chi connectivity index (χ4n) is 7.37. The number of benzene rings is 2. The van der Waals surface area contributed by atoms with Crippen molar-refractivity contribution in [1.82, 2.24) is 30.3 Å². The van der Waals surface area contributed by atoms with Crippen LogP contribution in [-0.4, -0.2) is 93.6 Å². The molecule has 5 heterocycles. The first-order chi connectivity index (χ1) is 25.1. The number of nitrogens with one attached hydrogen (secondary N) is 3. The summed E-state index contributed by atoms with van der Waals surface area (Å²) in [5, 5.41) is 12.5. The van der Waals surface area contributed by atoms with E-state index >= 15 is 0 Å². The maximum absolute atomic E-state index is 13.2. The minimum absolute atomic E-state index is 0.138. The molecule has 0 aliphatic carbocycles. The van der Waals surface area contributed by atoms with E-state index in [-0.39, 0.29) is 23.5 Å². The van der Waals surface area contributed by atoms with Crippen molar-refractivity contribution in [2.45, 2.75) is 49.8 Å². The number of rotatable bonds is 10. The van der Waals surface area contributed by atoms with Crippen LogP contribution < -0.4 is 20.3 Å². The third kappa shape index (κ3) is 8.41. The number of H-pyrrole nitrogens is 1. The Hall–Kier alpha value is -4.92. The molecule has 0 saturated carbocycles. The summed E-state index contributed by atoms with van der Waals surface area (Å²) in [5.41, 5.74) is 0.426. The zero-order valence-electron chi connectivity index (χ0n) is 28.4. The molecule has 3 aliphatic rings. The van der Waals surface area contributed by atoms with Gasteiger partial charge in [0.15, 0.2) is 0 Å². The number of amides is 3. The number of alkyl halides is 3. The number of aromatic amines is 1. The van der Waals surface area contributed by atoms with Crippen molar-refractivity contribution in [1.29, 1.82) is 0 Å². The molecule has 3 saturated heterocycles. The maximum Gasteiger partial charge on any atom is 0.487 e. The Morgan fingerprint density at radius 1 is 0.981 bits per heavy atom. The molecule has 3 N–H and O–H groups in total. The van der Waals surface area contributed by atoms with Gasteiger partial charge in [0, 0.05) is 80.4 Å². The molecular formula is C37H39ClF2N8O4. The molecule has 3 aliphatic heterocycles. The van der Waals surface area contributed by atoms with Gasteiger partial charge in [-0.3, -0.25) is 34.6 Å². The average molecular weight is 733 g/mol. The molecule has 7 rings (SSSR count). The van der Waals surface area contributed by atoms with Gasteiger partial charge in [0.25, 0.3) is 5.91 Å². The van der Waals surface area contributed by atoms with E-state index in [0.717, 1.165) is 81.2 Å². The number of carbonyl (C=O) groups is 3. The van der Waals surface area contributed by atoms with E-state index < -0.39 is 11.5 Å². The molecule has 0 spiro atoms. The van der Waals surface area contributed by atoms with E-state index in [9.17, 15) is 23.2 Å². The molecule has 2 aromatic carbocycles. The highest BCUT2D eigenvalue weighted by atomic mass is 35.5. The molecule has 0 radical (unpaired) electrons. The Balaban J connectivity index is 0.949. The molecular weight excluding hydrogens is 694 g/mol. The molecule has 52 heavy (non-hydrogen) atoms. The van der Waals surface area contributed by atoms with Crippen molar-refractivity contribution in [2.75, 3.05) is 49.5 Å². The SMILES string of the molecule is O=C1CCC(c2ccccc2CN2CCC(N3CCN(c4ncc(C(=O)Nc5ccc(OC(F)(F)Cl)cc5)cc4-c4cc[nH]n4)CC3)CC2)C(=O)N1. The van der Waals surface area contributed by atoms with Crippen molar-refractivity contribution in [3.63, 3.8) is 0 Å². The third-order valence-corrected chi connectivity index (χ3v) is 10.1. The fraction of sp³-hybridized carbons (Fsp3) is 0.378. The number of halogens is 3.